The first kappa shape index (κ1) is 15.6. The van der Waals surface area contributed by atoms with Gasteiger partial charge in [0.2, 0.25) is 0 Å². The van der Waals surface area contributed by atoms with Crippen molar-refractivity contribution < 1.29 is 12.8 Å². The number of benzene rings is 1. The van der Waals surface area contributed by atoms with Crippen molar-refractivity contribution in [1.29, 1.82) is 0 Å². The molecule has 0 atom stereocenters. The van der Waals surface area contributed by atoms with Crippen LogP contribution in [0.15, 0.2) is 22.7 Å². The maximum Gasteiger partial charge on any atom is 0.153 e. The number of halogens is 2. The second-order valence-electron chi connectivity index (χ2n) is 4.87. The zero-order valence-corrected chi connectivity index (χ0v) is 13.0. The molecule has 6 heteroatoms. The van der Waals surface area contributed by atoms with Crippen molar-refractivity contribution in [3.8, 4) is 0 Å². The third-order valence-electron chi connectivity index (χ3n) is 2.89. The minimum absolute atomic E-state index is 0.279. The summed E-state index contributed by atoms with van der Waals surface area (Å²) >= 11 is 3.18. The molecule has 0 aliphatic heterocycles. The molecule has 0 saturated heterocycles. The van der Waals surface area contributed by atoms with Crippen LogP contribution in [0.2, 0.25) is 0 Å². The maximum atomic E-state index is 13.5. The van der Waals surface area contributed by atoms with Gasteiger partial charge in [-0.05, 0) is 26.0 Å². The fraction of sp³-hybridized carbons (Fsp3) is 0.500. The van der Waals surface area contributed by atoms with Crippen molar-refractivity contribution >= 4 is 25.8 Å². The van der Waals surface area contributed by atoms with Crippen molar-refractivity contribution in [3.63, 3.8) is 0 Å². The van der Waals surface area contributed by atoms with Gasteiger partial charge in [0.15, 0.2) is 9.84 Å². The molecule has 1 rings (SSSR count). The summed E-state index contributed by atoms with van der Waals surface area (Å²) in [4.78, 5) is 0. The molecule has 0 amide bonds. The van der Waals surface area contributed by atoms with E-state index in [1.807, 2.05) is 0 Å². The van der Waals surface area contributed by atoms with E-state index >= 15 is 0 Å². The van der Waals surface area contributed by atoms with E-state index in [1.165, 1.54) is 12.3 Å². The topological polar surface area (TPSA) is 46.2 Å². The van der Waals surface area contributed by atoms with E-state index in [-0.39, 0.29) is 12.4 Å². The number of nitrogens with one attached hydrogen (secondary N) is 1. The molecule has 102 valence electrons. The molecule has 0 aliphatic rings. The van der Waals surface area contributed by atoms with Crippen LogP contribution in [-0.4, -0.2) is 26.0 Å². The van der Waals surface area contributed by atoms with E-state index in [0.29, 0.717) is 16.6 Å². The van der Waals surface area contributed by atoms with Crippen LogP contribution in [0.5, 0.6) is 0 Å². The Balaban J connectivity index is 2.62. The quantitative estimate of drug-likeness (QED) is 0.897. The second kappa shape index (κ2) is 5.67. The van der Waals surface area contributed by atoms with Gasteiger partial charge in [0.25, 0.3) is 0 Å². The van der Waals surface area contributed by atoms with Gasteiger partial charge < -0.3 is 5.32 Å². The molecule has 3 nitrogen and oxygen atoms in total. The van der Waals surface area contributed by atoms with E-state index < -0.39 is 14.6 Å². The van der Waals surface area contributed by atoms with Crippen molar-refractivity contribution in [2.75, 3.05) is 12.8 Å². The first-order valence-corrected chi connectivity index (χ1v) is 8.16. The predicted molar refractivity (Wildman–Crippen MR) is 74.7 cm³/mol. The Morgan fingerprint density at radius 2 is 2.00 bits per heavy atom. The highest BCUT2D eigenvalue weighted by atomic mass is 79.9. The third kappa shape index (κ3) is 4.03. The van der Waals surface area contributed by atoms with E-state index in [0.717, 1.165) is 0 Å². The zero-order valence-electron chi connectivity index (χ0n) is 10.6. The summed E-state index contributed by atoms with van der Waals surface area (Å²) in [5.41, 5.74) is 0.516. The second-order valence-corrected chi connectivity index (χ2v) is 8.44. The molecule has 0 unspecified atom stereocenters. The molecule has 1 aromatic rings. The minimum atomic E-state index is -3.14. The van der Waals surface area contributed by atoms with Gasteiger partial charge in [-0.1, -0.05) is 22.0 Å². The normalized spacial score (nSPS) is 12.7. The summed E-state index contributed by atoms with van der Waals surface area (Å²) < 4.78 is 36.3. The molecule has 0 fully saturated rings. The fourth-order valence-corrected chi connectivity index (χ4v) is 1.99. The van der Waals surface area contributed by atoms with Crippen molar-refractivity contribution in [2.24, 2.45) is 0 Å². The Morgan fingerprint density at radius 3 is 2.50 bits per heavy atom. The Morgan fingerprint density at radius 1 is 1.39 bits per heavy atom. The van der Waals surface area contributed by atoms with Gasteiger partial charge in [-0.25, -0.2) is 12.8 Å². The maximum absolute atomic E-state index is 13.5. The number of rotatable bonds is 5. The van der Waals surface area contributed by atoms with Gasteiger partial charge in [-0.3, -0.25) is 0 Å². The lowest BCUT2D eigenvalue weighted by molar-refractivity contribution is 0.515. The predicted octanol–water partition coefficient (Wildman–Crippen LogP) is 2.50. The largest absolute Gasteiger partial charge is 0.311 e. The molecule has 1 N–H and O–H groups in total. The average Bonchev–Trinajstić information content (AvgIpc) is 2.19. The summed E-state index contributed by atoms with van der Waals surface area (Å²) in [6.07, 6.45) is 1.20. The highest BCUT2D eigenvalue weighted by molar-refractivity contribution is 9.10. The Labute approximate surface area is 116 Å². The van der Waals surface area contributed by atoms with E-state index in [4.69, 9.17) is 0 Å². The molecule has 0 aliphatic carbocycles. The van der Waals surface area contributed by atoms with Gasteiger partial charge in [0.1, 0.15) is 5.82 Å². The summed E-state index contributed by atoms with van der Waals surface area (Å²) in [5, 5.41) is 2.97. The lowest BCUT2D eigenvalue weighted by atomic mass is 10.2. The lowest BCUT2D eigenvalue weighted by Gasteiger charge is -2.22. The van der Waals surface area contributed by atoms with Crippen LogP contribution in [0, 0.1) is 5.82 Å². The van der Waals surface area contributed by atoms with E-state index in [1.54, 1.807) is 26.0 Å². The van der Waals surface area contributed by atoms with Gasteiger partial charge in [0, 0.05) is 29.4 Å². The van der Waals surface area contributed by atoms with E-state index in [9.17, 15) is 12.8 Å². The van der Waals surface area contributed by atoms with Crippen LogP contribution >= 0.6 is 15.9 Å². The van der Waals surface area contributed by atoms with Crippen LogP contribution < -0.4 is 5.32 Å². The molecule has 0 radical (unpaired) electrons. The molecule has 0 heterocycles. The summed E-state index contributed by atoms with van der Waals surface area (Å²) in [6.45, 7) is 3.87. The molecule has 0 aromatic heterocycles. The number of hydrogen-bond donors (Lipinski definition) is 1. The molecular formula is C12H17BrFNO2S. The standard InChI is InChI=1S/C12H17BrFNO2S/c1-12(2,18(3,16)17)8-15-7-9-4-5-10(13)6-11(9)14/h4-6,15H,7-8H2,1-3H3. The summed E-state index contributed by atoms with van der Waals surface area (Å²) in [5.74, 6) is -0.311. The monoisotopic (exact) mass is 337 g/mol. The molecule has 0 saturated carbocycles. The highest BCUT2D eigenvalue weighted by Gasteiger charge is 2.29. The highest BCUT2D eigenvalue weighted by Crippen LogP contribution is 2.16. The smallest absolute Gasteiger partial charge is 0.153 e. The van der Waals surface area contributed by atoms with E-state index in [2.05, 4.69) is 21.2 Å². The Bertz CT molecular complexity index is 529. The van der Waals surface area contributed by atoms with Crippen LogP contribution in [-0.2, 0) is 16.4 Å². The van der Waals surface area contributed by atoms with Crippen LogP contribution in [0.3, 0.4) is 0 Å². The zero-order chi connectivity index (χ0) is 14.0. The van der Waals surface area contributed by atoms with Crippen LogP contribution in [0.1, 0.15) is 19.4 Å². The Hall–Kier alpha value is -0.460. The number of sulfone groups is 1. The third-order valence-corrected chi connectivity index (χ3v) is 5.53. The van der Waals surface area contributed by atoms with Crippen LogP contribution in [0.25, 0.3) is 0 Å². The molecule has 0 bridgehead atoms. The van der Waals surface area contributed by atoms with Crippen molar-refractivity contribution in [3.05, 3.63) is 34.1 Å². The molecule has 1 aromatic carbocycles. The van der Waals surface area contributed by atoms with Gasteiger partial charge in [-0.15, -0.1) is 0 Å². The lowest BCUT2D eigenvalue weighted by Crippen LogP contribution is -2.41. The van der Waals surface area contributed by atoms with Crippen LogP contribution in [0.4, 0.5) is 4.39 Å². The first-order valence-electron chi connectivity index (χ1n) is 5.48. The Kier molecular flexibility index (Phi) is 4.91. The summed E-state index contributed by atoms with van der Waals surface area (Å²) in [6, 6.07) is 4.81. The molecule has 0 spiro atoms. The van der Waals surface area contributed by atoms with Gasteiger partial charge >= 0.3 is 0 Å². The van der Waals surface area contributed by atoms with Gasteiger partial charge in [-0.2, -0.15) is 0 Å². The van der Waals surface area contributed by atoms with Gasteiger partial charge in [0.05, 0.1) is 4.75 Å². The first-order chi connectivity index (χ1) is 8.13. The number of hydrogen-bond acceptors (Lipinski definition) is 3. The molecular weight excluding hydrogens is 321 g/mol. The van der Waals surface area contributed by atoms with Crippen molar-refractivity contribution in [1.82, 2.24) is 5.32 Å². The SMILES string of the molecule is CC(C)(CNCc1ccc(Br)cc1F)S(C)(=O)=O. The summed E-state index contributed by atoms with van der Waals surface area (Å²) in [7, 11) is -3.14. The van der Waals surface area contributed by atoms with Crippen molar-refractivity contribution in [2.45, 2.75) is 25.1 Å². The minimum Gasteiger partial charge on any atom is -0.311 e. The average molecular weight is 338 g/mol. The molecule has 18 heavy (non-hydrogen) atoms. The fourth-order valence-electron chi connectivity index (χ4n) is 1.29.